The first-order valence-electron chi connectivity index (χ1n) is 7.10. The molecule has 0 atom stereocenters. The summed E-state index contributed by atoms with van der Waals surface area (Å²) >= 11 is 0. The molecule has 3 heteroatoms. The standard InChI is InChI=1S/C16H22O3/c1-3-12-4-7-14(8-5-12)19-15-9-6-13(16(17)18)10-11(15)2/h6,9-10,12,14H,3-5,7-8H2,1-2H3,(H,17,18). The zero-order valence-corrected chi connectivity index (χ0v) is 11.7. The number of carbonyl (C=O) groups is 1. The van der Waals surface area contributed by atoms with Crippen LogP contribution in [0.5, 0.6) is 5.75 Å². The van der Waals surface area contributed by atoms with Crippen molar-refractivity contribution in [1.82, 2.24) is 0 Å². The molecule has 1 aromatic carbocycles. The second kappa shape index (κ2) is 6.09. The fourth-order valence-corrected chi connectivity index (χ4v) is 2.75. The van der Waals surface area contributed by atoms with Gasteiger partial charge in [-0.05, 0) is 62.3 Å². The molecule has 0 unspecified atom stereocenters. The number of carboxylic acids is 1. The Bertz CT molecular complexity index is 445. The van der Waals surface area contributed by atoms with Crippen molar-refractivity contribution >= 4 is 5.97 Å². The number of carboxylic acid groups (broad SMARTS) is 1. The highest BCUT2D eigenvalue weighted by atomic mass is 16.5. The van der Waals surface area contributed by atoms with Crippen LogP contribution in [0.25, 0.3) is 0 Å². The van der Waals surface area contributed by atoms with Gasteiger partial charge in [-0.15, -0.1) is 0 Å². The van der Waals surface area contributed by atoms with Crippen molar-refractivity contribution in [3.8, 4) is 5.75 Å². The fraction of sp³-hybridized carbons (Fsp3) is 0.562. The van der Waals surface area contributed by atoms with Crippen LogP contribution in [-0.4, -0.2) is 17.2 Å². The molecule has 0 aromatic heterocycles. The van der Waals surface area contributed by atoms with Crippen molar-refractivity contribution < 1.29 is 14.6 Å². The molecule has 0 bridgehead atoms. The third-order valence-electron chi connectivity index (χ3n) is 4.09. The summed E-state index contributed by atoms with van der Waals surface area (Å²) in [5.74, 6) is 0.790. The van der Waals surface area contributed by atoms with Crippen LogP contribution in [0.3, 0.4) is 0 Å². The van der Waals surface area contributed by atoms with Crippen molar-refractivity contribution in [1.29, 1.82) is 0 Å². The van der Waals surface area contributed by atoms with Crippen molar-refractivity contribution in [2.45, 2.75) is 52.1 Å². The molecule has 1 aliphatic carbocycles. The molecule has 0 heterocycles. The Morgan fingerprint density at radius 1 is 1.32 bits per heavy atom. The first kappa shape index (κ1) is 13.9. The highest BCUT2D eigenvalue weighted by Gasteiger charge is 2.21. The Morgan fingerprint density at radius 3 is 2.53 bits per heavy atom. The van der Waals surface area contributed by atoms with E-state index in [1.165, 1.54) is 19.3 Å². The Morgan fingerprint density at radius 2 is 2.00 bits per heavy atom. The maximum Gasteiger partial charge on any atom is 0.335 e. The normalized spacial score (nSPS) is 23.1. The van der Waals surface area contributed by atoms with E-state index in [9.17, 15) is 4.79 Å². The molecular formula is C16H22O3. The Labute approximate surface area is 114 Å². The van der Waals surface area contributed by atoms with Gasteiger partial charge in [0, 0.05) is 0 Å². The zero-order chi connectivity index (χ0) is 13.8. The minimum atomic E-state index is -0.891. The molecule has 1 fully saturated rings. The van der Waals surface area contributed by atoms with Gasteiger partial charge in [-0.1, -0.05) is 13.3 Å². The van der Waals surface area contributed by atoms with Crippen LogP contribution in [0.1, 0.15) is 54.9 Å². The first-order valence-corrected chi connectivity index (χ1v) is 7.10. The average Bonchev–Trinajstić information content (AvgIpc) is 2.41. The molecule has 0 radical (unpaired) electrons. The van der Waals surface area contributed by atoms with Gasteiger partial charge in [0.2, 0.25) is 0 Å². The van der Waals surface area contributed by atoms with E-state index in [1.54, 1.807) is 18.2 Å². The average molecular weight is 262 g/mol. The lowest BCUT2D eigenvalue weighted by molar-refractivity contribution is 0.0696. The summed E-state index contributed by atoms with van der Waals surface area (Å²) in [7, 11) is 0. The van der Waals surface area contributed by atoms with Crippen molar-refractivity contribution in [3.05, 3.63) is 29.3 Å². The first-order chi connectivity index (χ1) is 9.10. The number of aromatic carboxylic acids is 1. The van der Waals surface area contributed by atoms with E-state index in [4.69, 9.17) is 9.84 Å². The van der Waals surface area contributed by atoms with Crippen molar-refractivity contribution in [3.63, 3.8) is 0 Å². The van der Waals surface area contributed by atoms with Crippen molar-refractivity contribution in [2.24, 2.45) is 5.92 Å². The summed E-state index contributed by atoms with van der Waals surface area (Å²) in [4.78, 5) is 10.9. The number of hydrogen-bond donors (Lipinski definition) is 1. The van der Waals surface area contributed by atoms with E-state index >= 15 is 0 Å². The number of rotatable bonds is 4. The monoisotopic (exact) mass is 262 g/mol. The lowest BCUT2D eigenvalue weighted by Gasteiger charge is -2.28. The van der Waals surface area contributed by atoms with E-state index in [2.05, 4.69) is 6.92 Å². The number of aryl methyl sites for hydroxylation is 1. The molecule has 0 amide bonds. The van der Waals surface area contributed by atoms with E-state index in [1.807, 2.05) is 6.92 Å². The van der Waals surface area contributed by atoms with Gasteiger partial charge in [-0.3, -0.25) is 0 Å². The molecule has 1 aliphatic rings. The molecular weight excluding hydrogens is 240 g/mol. The van der Waals surface area contributed by atoms with Crippen LogP contribution in [0.4, 0.5) is 0 Å². The lowest BCUT2D eigenvalue weighted by Crippen LogP contribution is -2.24. The Hall–Kier alpha value is -1.51. The molecule has 19 heavy (non-hydrogen) atoms. The van der Waals surface area contributed by atoms with Gasteiger partial charge in [0.05, 0.1) is 11.7 Å². The van der Waals surface area contributed by atoms with Crippen LogP contribution in [0.15, 0.2) is 18.2 Å². The number of benzene rings is 1. The minimum Gasteiger partial charge on any atom is -0.490 e. The van der Waals surface area contributed by atoms with Gasteiger partial charge in [0.1, 0.15) is 5.75 Å². The highest BCUT2D eigenvalue weighted by Crippen LogP contribution is 2.30. The minimum absolute atomic E-state index is 0.289. The van der Waals surface area contributed by atoms with Crippen LogP contribution in [-0.2, 0) is 0 Å². The Kier molecular flexibility index (Phi) is 4.46. The third kappa shape index (κ3) is 3.49. The largest absolute Gasteiger partial charge is 0.490 e. The van der Waals surface area contributed by atoms with Gasteiger partial charge >= 0.3 is 5.97 Å². The van der Waals surface area contributed by atoms with Crippen LogP contribution < -0.4 is 4.74 Å². The van der Waals surface area contributed by atoms with Crippen molar-refractivity contribution in [2.75, 3.05) is 0 Å². The quantitative estimate of drug-likeness (QED) is 0.890. The molecule has 1 saturated carbocycles. The SMILES string of the molecule is CCC1CCC(Oc2ccc(C(=O)O)cc2C)CC1. The van der Waals surface area contributed by atoms with Gasteiger partial charge in [-0.2, -0.15) is 0 Å². The molecule has 3 nitrogen and oxygen atoms in total. The van der Waals surface area contributed by atoms with Crippen LogP contribution in [0.2, 0.25) is 0 Å². The molecule has 104 valence electrons. The van der Waals surface area contributed by atoms with Gasteiger partial charge in [0.25, 0.3) is 0 Å². The predicted molar refractivity (Wildman–Crippen MR) is 74.8 cm³/mol. The van der Waals surface area contributed by atoms with E-state index in [0.717, 1.165) is 30.1 Å². The topological polar surface area (TPSA) is 46.5 Å². The summed E-state index contributed by atoms with van der Waals surface area (Å²) < 4.78 is 6.02. The smallest absolute Gasteiger partial charge is 0.335 e. The third-order valence-corrected chi connectivity index (χ3v) is 4.09. The molecule has 0 aliphatic heterocycles. The van der Waals surface area contributed by atoms with Crippen LogP contribution >= 0.6 is 0 Å². The van der Waals surface area contributed by atoms with Gasteiger partial charge in [0.15, 0.2) is 0 Å². The summed E-state index contributed by atoms with van der Waals surface area (Å²) in [6.07, 6.45) is 6.26. The molecule has 2 rings (SSSR count). The van der Waals surface area contributed by atoms with Gasteiger partial charge in [-0.25, -0.2) is 4.79 Å². The summed E-state index contributed by atoms with van der Waals surface area (Å²) in [5.41, 5.74) is 1.22. The fourth-order valence-electron chi connectivity index (χ4n) is 2.75. The van der Waals surface area contributed by atoms with Crippen LogP contribution in [0, 0.1) is 12.8 Å². The second-order valence-electron chi connectivity index (χ2n) is 5.45. The molecule has 1 N–H and O–H groups in total. The summed E-state index contributed by atoms with van der Waals surface area (Å²) in [6, 6.07) is 5.07. The number of hydrogen-bond acceptors (Lipinski definition) is 2. The molecule has 0 spiro atoms. The van der Waals surface area contributed by atoms with E-state index in [0.29, 0.717) is 5.56 Å². The number of ether oxygens (including phenoxy) is 1. The molecule has 1 aromatic rings. The highest BCUT2D eigenvalue weighted by molar-refractivity contribution is 5.88. The zero-order valence-electron chi connectivity index (χ0n) is 11.7. The maximum atomic E-state index is 10.9. The van der Waals surface area contributed by atoms with E-state index in [-0.39, 0.29) is 6.10 Å². The summed E-state index contributed by atoms with van der Waals surface area (Å²) in [6.45, 7) is 4.15. The predicted octanol–water partition coefficient (Wildman–Crippen LogP) is 4.04. The summed E-state index contributed by atoms with van der Waals surface area (Å²) in [5, 5.41) is 8.94. The lowest BCUT2D eigenvalue weighted by atomic mass is 9.86. The van der Waals surface area contributed by atoms with E-state index < -0.39 is 5.97 Å². The molecule has 0 saturated heterocycles. The van der Waals surface area contributed by atoms with Gasteiger partial charge < -0.3 is 9.84 Å². The maximum absolute atomic E-state index is 10.9. The second-order valence-corrected chi connectivity index (χ2v) is 5.45. The Balaban J connectivity index is 1.98.